The molecule has 2 aromatic carbocycles. The molecular formula is C22H25NO3. The zero-order valence-electron chi connectivity index (χ0n) is 14.9. The quantitative estimate of drug-likeness (QED) is 0.864. The first kappa shape index (κ1) is 17.1. The summed E-state index contributed by atoms with van der Waals surface area (Å²) in [5.41, 5.74) is 12.5. The van der Waals surface area contributed by atoms with Crippen molar-refractivity contribution in [1.82, 2.24) is 0 Å². The van der Waals surface area contributed by atoms with E-state index >= 15 is 0 Å². The SMILES string of the molecule is N[C@@H]1CCc2ccccc21.O=C(O)C[C@H]1CCc2ccc3c(c21)CCO3. The Morgan fingerprint density at radius 2 is 1.88 bits per heavy atom. The molecule has 3 N–H and O–H groups in total. The summed E-state index contributed by atoms with van der Waals surface area (Å²) in [5, 5.41) is 8.92. The van der Waals surface area contributed by atoms with E-state index < -0.39 is 5.97 Å². The van der Waals surface area contributed by atoms with E-state index in [0.717, 1.165) is 44.5 Å². The molecule has 0 aromatic heterocycles. The van der Waals surface area contributed by atoms with E-state index in [2.05, 4.69) is 30.3 Å². The average Bonchev–Trinajstić information content (AvgIpc) is 3.34. The lowest BCUT2D eigenvalue weighted by Gasteiger charge is -2.12. The Morgan fingerprint density at radius 1 is 1.08 bits per heavy atom. The largest absolute Gasteiger partial charge is 0.493 e. The third-order valence-electron chi connectivity index (χ3n) is 5.78. The first-order valence-corrected chi connectivity index (χ1v) is 9.46. The maximum absolute atomic E-state index is 10.8. The molecule has 0 saturated heterocycles. The van der Waals surface area contributed by atoms with Crippen molar-refractivity contribution in [2.24, 2.45) is 5.73 Å². The molecule has 4 nitrogen and oxygen atoms in total. The second-order valence-corrected chi connectivity index (χ2v) is 7.39. The molecule has 0 unspecified atom stereocenters. The first-order valence-electron chi connectivity index (χ1n) is 9.46. The van der Waals surface area contributed by atoms with E-state index in [4.69, 9.17) is 15.6 Å². The van der Waals surface area contributed by atoms with Gasteiger partial charge in [0.25, 0.3) is 0 Å². The summed E-state index contributed by atoms with van der Waals surface area (Å²) in [5.74, 6) is 0.467. The standard InChI is InChI=1S/C13H14O3.C9H11N/c14-12(15)7-9-2-1-8-3-4-11-10(13(8)9)5-6-16-11;10-9-6-5-7-3-1-2-4-8(7)9/h3-4,9H,1-2,5-7H2,(H,14,15);1-4,9H,5-6,10H2/t2*9-/m11/s1. The van der Waals surface area contributed by atoms with Gasteiger partial charge in [0.15, 0.2) is 0 Å². The Kier molecular flexibility index (Phi) is 4.68. The van der Waals surface area contributed by atoms with Crippen LogP contribution in [-0.2, 0) is 24.1 Å². The minimum atomic E-state index is -0.700. The maximum Gasteiger partial charge on any atom is 0.303 e. The van der Waals surface area contributed by atoms with Crippen LogP contribution in [0, 0.1) is 0 Å². The van der Waals surface area contributed by atoms with Gasteiger partial charge in [-0.1, -0.05) is 30.3 Å². The Morgan fingerprint density at radius 3 is 2.69 bits per heavy atom. The topological polar surface area (TPSA) is 72.6 Å². The summed E-state index contributed by atoms with van der Waals surface area (Å²) < 4.78 is 5.53. The molecule has 5 rings (SSSR count). The van der Waals surface area contributed by atoms with Crippen molar-refractivity contribution in [3.8, 4) is 5.75 Å². The van der Waals surface area contributed by atoms with Crippen molar-refractivity contribution in [3.63, 3.8) is 0 Å². The molecule has 0 amide bonds. The summed E-state index contributed by atoms with van der Waals surface area (Å²) in [6.45, 7) is 0.742. The molecule has 0 bridgehead atoms. The third kappa shape index (κ3) is 3.21. The molecule has 0 spiro atoms. The predicted molar refractivity (Wildman–Crippen MR) is 101 cm³/mol. The fourth-order valence-corrected chi connectivity index (χ4v) is 4.56. The smallest absolute Gasteiger partial charge is 0.303 e. The van der Waals surface area contributed by atoms with Gasteiger partial charge >= 0.3 is 5.97 Å². The summed E-state index contributed by atoms with van der Waals surface area (Å²) >= 11 is 0. The monoisotopic (exact) mass is 351 g/mol. The number of carboxylic acid groups (broad SMARTS) is 1. The Bertz CT molecular complexity index is 830. The van der Waals surface area contributed by atoms with Crippen LogP contribution in [-0.4, -0.2) is 17.7 Å². The maximum atomic E-state index is 10.8. The molecular weight excluding hydrogens is 326 g/mol. The second kappa shape index (κ2) is 7.12. The van der Waals surface area contributed by atoms with E-state index in [9.17, 15) is 4.79 Å². The zero-order chi connectivity index (χ0) is 18.1. The Balaban J connectivity index is 0.000000144. The van der Waals surface area contributed by atoms with Crippen molar-refractivity contribution in [1.29, 1.82) is 0 Å². The number of hydrogen-bond donors (Lipinski definition) is 2. The first-order chi connectivity index (χ1) is 12.6. The van der Waals surface area contributed by atoms with E-state index in [1.807, 2.05) is 6.07 Å². The number of carboxylic acids is 1. The molecule has 2 aromatic rings. The molecule has 26 heavy (non-hydrogen) atoms. The van der Waals surface area contributed by atoms with Gasteiger partial charge in [-0.15, -0.1) is 0 Å². The van der Waals surface area contributed by atoms with E-state index in [1.165, 1.54) is 27.8 Å². The van der Waals surface area contributed by atoms with Crippen molar-refractivity contribution < 1.29 is 14.6 Å². The number of carbonyl (C=O) groups is 1. The number of fused-ring (bicyclic) bond motifs is 4. The van der Waals surface area contributed by atoms with Gasteiger partial charge < -0.3 is 15.6 Å². The molecule has 0 radical (unpaired) electrons. The third-order valence-corrected chi connectivity index (χ3v) is 5.78. The van der Waals surface area contributed by atoms with Crippen LogP contribution in [0.15, 0.2) is 36.4 Å². The van der Waals surface area contributed by atoms with E-state index in [-0.39, 0.29) is 12.3 Å². The Labute approximate surface area is 154 Å². The molecule has 1 aliphatic heterocycles. The van der Waals surface area contributed by atoms with Gasteiger partial charge in [-0.25, -0.2) is 0 Å². The van der Waals surface area contributed by atoms with Gasteiger partial charge in [-0.05, 0) is 59.9 Å². The molecule has 136 valence electrons. The number of aliphatic carboxylic acids is 1. The van der Waals surface area contributed by atoms with Crippen LogP contribution < -0.4 is 10.5 Å². The van der Waals surface area contributed by atoms with Crippen LogP contribution in [0.25, 0.3) is 0 Å². The summed E-state index contributed by atoms with van der Waals surface area (Å²) in [6, 6.07) is 12.9. The highest BCUT2D eigenvalue weighted by molar-refractivity contribution is 5.69. The fraction of sp³-hybridized carbons (Fsp3) is 0.409. The normalized spacial score (nSPS) is 21.9. The number of hydrogen-bond acceptors (Lipinski definition) is 3. The second-order valence-electron chi connectivity index (χ2n) is 7.39. The lowest BCUT2D eigenvalue weighted by atomic mass is 9.92. The minimum Gasteiger partial charge on any atom is -0.493 e. The molecule has 3 aliphatic rings. The minimum absolute atomic E-state index is 0.198. The van der Waals surface area contributed by atoms with Crippen LogP contribution in [0.3, 0.4) is 0 Å². The Hall–Kier alpha value is -2.33. The summed E-state index contributed by atoms with van der Waals surface area (Å²) in [6.07, 6.45) is 5.47. The molecule has 2 atom stereocenters. The van der Waals surface area contributed by atoms with Crippen molar-refractivity contribution in [3.05, 3.63) is 64.2 Å². The van der Waals surface area contributed by atoms with Gasteiger partial charge in [-0.2, -0.15) is 0 Å². The molecule has 1 heterocycles. The van der Waals surface area contributed by atoms with Crippen LogP contribution in [0.2, 0.25) is 0 Å². The van der Waals surface area contributed by atoms with Gasteiger partial charge in [0.05, 0.1) is 13.0 Å². The molecule has 2 aliphatic carbocycles. The van der Waals surface area contributed by atoms with Crippen molar-refractivity contribution in [2.45, 2.75) is 50.5 Å². The number of rotatable bonds is 2. The molecule has 0 saturated carbocycles. The van der Waals surface area contributed by atoms with Crippen LogP contribution >= 0.6 is 0 Å². The lowest BCUT2D eigenvalue weighted by molar-refractivity contribution is -0.137. The summed E-state index contributed by atoms with van der Waals surface area (Å²) in [7, 11) is 0. The highest BCUT2D eigenvalue weighted by Gasteiger charge is 2.30. The van der Waals surface area contributed by atoms with Crippen molar-refractivity contribution >= 4 is 5.97 Å². The number of nitrogens with two attached hydrogens (primary N) is 1. The number of aryl methyl sites for hydroxylation is 2. The van der Waals surface area contributed by atoms with Gasteiger partial charge in [0.2, 0.25) is 0 Å². The van der Waals surface area contributed by atoms with Gasteiger partial charge in [0, 0.05) is 18.0 Å². The lowest BCUT2D eigenvalue weighted by Crippen LogP contribution is -2.05. The highest BCUT2D eigenvalue weighted by Crippen LogP contribution is 2.43. The zero-order valence-corrected chi connectivity index (χ0v) is 14.9. The van der Waals surface area contributed by atoms with Gasteiger partial charge in [-0.3, -0.25) is 4.79 Å². The average molecular weight is 351 g/mol. The van der Waals surface area contributed by atoms with Crippen LogP contribution in [0.1, 0.15) is 59.0 Å². The number of benzene rings is 2. The van der Waals surface area contributed by atoms with E-state index in [1.54, 1.807) is 0 Å². The molecule has 0 fully saturated rings. The van der Waals surface area contributed by atoms with Crippen molar-refractivity contribution in [2.75, 3.05) is 6.61 Å². The fourth-order valence-electron chi connectivity index (χ4n) is 4.56. The predicted octanol–water partition coefficient (Wildman–Crippen LogP) is 3.76. The van der Waals surface area contributed by atoms with E-state index in [0.29, 0.717) is 6.04 Å². The van der Waals surface area contributed by atoms with Crippen LogP contribution in [0.4, 0.5) is 0 Å². The van der Waals surface area contributed by atoms with Crippen LogP contribution in [0.5, 0.6) is 5.75 Å². The van der Waals surface area contributed by atoms with Gasteiger partial charge in [0.1, 0.15) is 5.75 Å². The summed E-state index contributed by atoms with van der Waals surface area (Å²) in [4.78, 5) is 10.8. The number of ether oxygens (including phenoxy) is 1. The molecule has 4 heteroatoms. The highest BCUT2D eigenvalue weighted by atomic mass is 16.5.